The minimum Gasteiger partial charge on any atom is -0.462 e. The third kappa shape index (κ3) is 4.92. The summed E-state index contributed by atoms with van der Waals surface area (Å²) in [5.41, 5.74) is 1.88. The Kier molecular flexibility index (Phi) is 6.76. The molecule has 0 N–H and O–H groups in total. The second kappa shape index (κ2) is 9.93. The van der Waals surface area contributed by atoms with Gasteiger partial charge in [-0.2, -0.15) is 0 Å². The molecule has 2 aliphatic rings. The normalized spacial score (nSPS) is 16.7. The van der Waals surface area contributed by atoms with Gasteiger partial charge in [0.25, 0.3) is 0 Å². The molecule has 9 heteroatoms. The number of morpholine rings is 1. The van der Waals surface area contributed by atoms with Gasteiger partial charge in [-0.15, -0.1) is 11.3 Å². The number of rotatable bonds is 8. The van der Waals surface area contributed by atoms with Crippen molar-refractivity contribution in [1.29, 1.82) is 0 Å². The van der Waals surface area contributed by atoms with Gasteiger partial charge in [0.05, 0.1) is 31.8 Å². The molecule has 1 aliphatic carbocycles. The third-order valence-electron chi connectivity index (χ3n) is 6.27. The first kappa shape index (κ1) is 23.1. The number of aromatic nitrogens is 2. The number of carbonyl (C=O) groups is 1. The van der Waals surface area contributed by atoms with Crippen molar-refractivity contribution in [2.75, 3.05) is 37.8 Å². The van der Waals surface area contributed by atoms with E-state index in [1.54, 1.807) is 0 Å². The molecule has 2 fully saturated rings. The number of nitrogens with zero attached hydrogens (tertiary/aromatic N) is 4. The first-order chi connectivity index (χ1) is 16.5. The van der Waals surface area contributed by atoms with Gasteiger partial charge in [-0.3, -0.25) is 4.90 Å². The van der Waals surface area contributed by atoms with Crippen molar-refractivity contribution in [1.82, 2.24) is 14.9 Å². The van der Waals surface area contributed by atoms with Gasteiger partial charge in [0, 0.05) is 25.7 Å². The summed E-state index contributed by atoms with van der Waals surface area (Å²) in [5, 5.41) is 0.910. The highest BCUT2D eigenvalue weighted by Crippen LogP contribution is 2.40. The van der Waals surface area contributed by atoms with E-state index in [0.29, 0.717) is 43.8 Å². The van der Waals surface area contributed by atoms with Crippen LogP contribution in [0.4, 0.5) is 10.2 Å². The zero-order valence-corrected chi connectivity index (χ0v) is 20.4. The molecular formula is C25H29FN4O3S. The van der Waals surface area contributed by atoms with Gasteiger partial charge >= 0.3 is 5.97 Å². The van der Waals surface area contributed by atoms with Crippen LogP contribution in [-0.2, 0) is 22.6 Å². The zero-order chi connectivity index (χ0) is 23.7. The van der Waals surface area contributed by atoms with E-state index in [1.165, 1.54) is 23.5 Å². The molecule has 0 bridgehead atoms. The Morgan fingerprint density at radius 1 is 1.24 bits per heavy atom. The summed E-state index contributed by atoms with van der Waals surface area (Å²) in [4.78, 5) is 28.6. The smallest absolute Gasteiger partial charge is 0.348 e. The summed E-state index contributed by atoms with van der Waals surface area (Å²) in [7, 11) is 0. The van der Waals surface area contributed by atoms with Crippen molar-refractivity contribution < 1.29 is 18.7 Å². The third-order valence-corrected chi connectivity index (χ3v) is 7.44. The summed E-state index contributed by atoms with van der Waals surface area (Å²) in [6.45, 7) is 8.44. The molecule has 2 aromatic heterocycles. The predicted octanol–water partition coefficient (Wildman–Crippen LogP) is 4.32. The maximum atomic E-state index is 13.5. The van der Waals surface area contributed by atoms with Crippen LogP contribution in [0.2, 0.25) is 0 Å². The minimum atomic E-state index is -0.319. The Morgan fingerprint density at radius 3 is 2.65 bits per heavy atom. The highest BCUT2D eigenvalue weighted by molar-refractivity contribution is 7.20. The molecule has 1 aromatic carbocycles. The first-order valence-corrected chi connectivity index (χ1v) is 12.6. The summed E-state index contributed by atoms with van der Waals surface area (Å²) >= 11 is 1.37. The average molecular weight is 485 g/mol. The fourth-order valence-corrected chi connectivity index (χ4v) is 5.43. The number of fused-ring (bicyclic) bond motifs is 1. The molecule has 1 saturated heterocycles. The topological polar surface area (TPSA) is 67.8 Å². The van der Waals surface area contributed by atoms with Crippen LogP contribution in [0.5, 0.6) is 0 Å². The van der Waals surface area contributed by atoms with Crippen molar-refractivity contribution in [3.63, 3.8) is 0 Å². The number of esters is 1. The predicted molar refractivity (Wildman–Crippen MR) is 130 cm³/mol. The van der Waals surface area contributed by atoms with Gasteiger partial charge < -0.3 is 14.4 Å². The van der Waals surface area contributed by atoms with Crippen LogP contribution in [0.25, 0.3) is 10.2 Å². The number of carbonyl (C=O) groups excluding carboxylic acids is 1. The number of hydrogen-bond acceptors (Lipinski definition) is 8. The van der Waals surface area contributed by atoms with E-state index in [4.69, 9.17) is 19.4 Å². The Balaban J connectivity index is 1.58. The number of anilines is 1. The van der Waals surface area contributed by atoms with Crippen molar-refractivity contribution in [3.05, 3.63) is 51.9 Å². The van der Waals surface area contributed by atoms with Crippen molar-refractivity contribution in [3.8, 4) is 0 Å². The molecule has 3 aromatic rings. The van der Waals surface area contributed by atoms with Gasteiger partial charge in [0.15, 0.2) is 0 Å². The van der Waals surface area contributed by atoms with E-state index in [-0.39, 0.29) is 11.8 Å². The quantitative estimate of drug-likeness (QED) is 0.441. The highest BCUT2D eigenvalue weighted by Gasteiger charge is 2.33. The average Bonchev–Trinajstić information content (AvgIpc) is 3.62. The van der Waals surface area contributed by atoms with Crippen LogP contribution < -0.4 is 4.90 Å². The van der Waals surface area contributed by atoms with Crippen molar-refractivity contribution >= 4 is 33.3 Å². The molecule has 5 rings (SSSR count). The maximum Gasteiger partial charge on any atom is 0.348 e. The molecule has 0 spiro atoms. The van der Waals surface area contributed by atoms with E-state index in [9.17, 15) is 9.18 Å². The number of aryl methyl sites for hydroxylation is 1. The van der Waals surface area contributed by atoms with Crippen LogP contribution in [0.3, 0.4) is 0 Å². The fourth-order valence-electron chi connectivity index (χ4n) is 4.34. The number of benzene rings is 1. The van der Waals surface area contributed by atoms with E-state index >= 15 is 0 Å². The Bertz CT molecular complexity index is 1170. The molecular weight excluding hydrogens is 455 g/mol. The van der Waals surface area contributed by atoms with Crippen LogP contribution in [0.1, 0.15) is 46.4 Å². The Labute approximate surface area is 202 Å². The number of halogens is 1. The molecule has 180 valence electrons. The van der Waals surface area contributed by atoms with E-state index in [1.807, 2.05) is 26.0 Å². The van der Waals surface area contributed by atoms with E-state index in [2.05, 4.69) is 9.80 Å². The van der Waals surface area contributed by atoms with Gasteiger partial charge in [-0.05, 0) is 49.9 Å². The number of hydrogen-bond donors (Lipinski definition) is 0. The lowest BCUT2D eigenvalue weighted by atomic mass is 10.1. The molecule has 0 atom stereocenters. The Morgan fingerprint density at radius 2 is 1.97 bits per heavy atom. The zero-order valence-electron chi connectivity index (χ0n) is 19.6. The molecule has 0 amide bonds. The van der Waals surface area contributed by atoms with Crippen LogP contribution in [-0.4, -0.2) is 59.8 Å². The van der Waals surface area contributed by atoms with Crippen LogP contribution in [0.15, 0.2) is 24.3 Å². The monoisotopic (exact) mass is 484 g/mol. The fraction of sp³-hybridized carbons (Fsp3) is 0.480. The lowest BCUT2D eigenvalue weighted by Crippen LogP contribution is -2.36. The van der Waals surface area contributed by atoms with Crippen molar-refractivity contribution in [2.45, 2.75) is 45.8 Å². The SMILES string of the molecule is CCOC(=O)c1sc2nc(CN3CCOCC3)nc(N(Cc3ccc(F)cc3)C3CC3)c2c1C. The molecule has 1 aliphatic heterocycles. The Hall–Kier alpha value is -2.62. The summed E-state index contributed by atoms with van der Waals surface area (Å²) < 4.78 is 24.3. The largest absolute Gasteiger partial charge is 0.462 e. The lowest BCUT2D eigenvalue weighted by Gasteiger charge is -2.28. The standard InChI is InChI=1S/C25H29FN4O3S/c1-3-33-25(31)22-16(2)21-23(30(19-8-9-19)14-17-4-6-18(26)7-5-17)27-20(28-24(21)34-22)15-29-10-12-32-13-11-29/h4-7,19H,3,8-15H2,1-2H3. The number of ether oxygens (including phenoxy) is 2. The second-order valence-corrected chi connectivity index (χ2v) is 9.79. The van der Waals surface area contributed by atoms with E-state index in [0.717, 1.165) is 58.9 Å². The summed E-state index contributed by atoms with van der Waals surface area (Å²) in [6, 6.07) is 7.00. The molecule has 7 nitrogen and oxygen atoms in total. The van der Waals surface area contributed by atoms with Crippen LogP contribution >= 0.6 is 11.3 Å². The van der Waals surface area contributed by atoms with Gasteiger partial charge in [0.2, 0.25) is 0 Å². The number of thiophene rings is 1. The minimum absolute atomic E-state index is 0.244. The van der Waals surface area contributed by atoms with Crippen LogP contribution in [0, 0.1) is 12.7 Å². The molecule has 1 saturated carbocycles. The lowest BCUT2D eigenvalue weighted by molar-refractivity contribution is 0.0331. The maximum absolute atomic E-state index is 13.5. The molecule has 34 heavy (non-hydrogen) atoms. The second-order valence-electron chi connectivity index (χ2n) is 8.79. The van der Waals surface area contributed by atoms with E-state index < -0.39 is 0 Å². The first-order valence-electron chi connectivity index (χ1n) is 11.8. The van der Waals surface area contributed by atoms with Gasteiger partial charge in [-0.25, -0.2) is 19.2 Å². The van der Waals surface area contributed by atoms with Crippen molar-refractivity contribution in [2.24, 2.45) is 0 Å². The van der Waals surface area contributed by atoms with Gasteiger partial charge in [0.1, 0.15) is 27.2 Å². The van der Waals surface area contributed by atoms with Gasteiger partial charge in [-0.1, -0.05) is 12.1 Å². The summed E-state index contributed by atoms with van der Waals surface area (Å²) in [5.74, 6) is 1.03. The molecule has 0 radical (unpaired) electrons. The molecule has 0 unspecified atom stereocenters. The highest BCUT2D eigenvalue weighted by atomic mass is 32.1. The summed E-state index contributed by atoms with van der Waals surface area (Å²) in [6.07, 6.45) is 2.17. The molecule has 3 heterocycles.